The molecule has 1 rings (SSSR count). The molecule has 2 atom stereocenters. The topological polar surface area (TPSA) is 30.5 Å². The van der Waals surface area contributed by atoms with Gasteiger partial charge in [0.25, 0.3) is 0 Å². The van der Waals surface area contributed by atoms with Crippen molar-refractivity contribution in [1.29, 1.82) is 0 Å². The Bertz CT molecular complexity index is 162. The fraction of sp³-hybridized carbons (Fsp3) is 1.00. The highest BCUT2D eigenvalue weighted by molar-refractivity contribution is 4.77. The van der Waals surface area contributed by atoms with Crippen molar-refractivity contribution in [3.05, 3.63) is 0 Å². The van der Waals surface area contributed by atoms with E-state index in [9.17, 15) is 0 Å². The Morgan fingerprint density at radius 3 is 2.73 bits per heavy atom. The lowest BCUT2D eigenvalue weighted by molar-refractivity contribution is -0.0278. The summed E-state index contributed by atoms with van der Waals surface area (Å²) in [4.78, 5) is 0. The normalized spacial score (nSPS) is 27.2. The van der Waals surface area contributed by atoms with Gasteiger partial charge in [-0.1, -0.05) is 0 Å². The molecule has 0 bridgehead atoms. The van der Waals surface area contributed by atoms with Crippen LogP contribution in [0.2, 0.25) is 0 Å². The summed E-state index contributed by atoms with van der Waals surface area (Å²) < 4.78 is 11.2. The number of rotatable bonds is 6. The third-order valence-corrected chi connectivity index (χ3v) is 2.92. The zero-order valence-corrected chi connectivity index (χ0v) is 10.3. The van der Waals surface area contributed by atoms with E-state index in [2.05, 4.69) is 19.2 Å². The van der Waals surface area contributed by atoms with E-state index in [1.54, 1.807) is 0 Å². The van der Waals surface area contributed by atoms with Crippen molar-refractivity contribution < 1.29 is 9.47 Å². The van der Waals surface area contributed by atoms with Crippen LogP contribution in [0.3, 0.4) is 0 Å². The standard InChI is InChI=1S/C12H25NO2/c1-10(2)14-7-8-15-12-6-4-5-11(9-12)13-3/h10-13H,4-9H2,1-3H3. The predicted octanol–water partition coefficient (Wildman–Crippen LogP) is 1.96. The minimum atomic E-state index is 0.310. The molecule has 0 aliphatic heterocycles. The molecule has 0 spiro atoms. The highest BCUT2D eigenvalue weighted by atomic mass is 16.5. The lowest BCUT2D eigenvalue weighted by atomic mass is 9.93. The first-order valence-electron chi connectivity index (χ1n) is 6.13. The van der Waals surface area contributed by atoms with Gasteiger partial charge in [-0.15, -0.1) is 0 Å². The molecule has 1 saturated carbocycles. The van der Waals surface area contributed by atoms with E-state index in [1.807, 2.05) is 7.05 Å². The summed E-state index contributed by atoms with van der Waals surface area (Å²) in [6.07, 6.45) is 5.68. The average molecular weight is 215 g/mol. The summed E-state index contributed by atoms with van der Waals surface area (Å²) in [6, 6.07) is 0.648. The molecule has 15 heavy (non-hydrogen) atoms. The fourth-order valence-corrected chi connectivity index (χ4v) is 2.06. The van der Waals surface area contributed by atoms with Crippen molar-refractivity contribution in [2.24, 2.45) is 0 Å². The maximum atomic E-state index is 5.80. The van der Waals surface area contributed by atoms with Crippen molar-refractivity contribution >= 4 is 0 Å². The van der Waals surface area contributed by atoms with E-state index >= 15 is 0 Å². The lowest BCUT2D eigenvalue weighted by Gasteiger charge is -2.28. The molecule has 90 valence electrons. The van der Waals surface area contributed by atoms with Gasteiger partial charge in [0.1, 0.15) is 0 Å². The van der Waals surface area contributed by atoms with Gasteiger partial charge >= 0.3 is 0 Å². The summed E-state index contributed by atoms with van der Waals surface area (Å²) in [6.45, 7) is 5.56. The third kappa shape index (κ3) is 5.50. The van der Waals surface area contributed by atoms with Crippen LogP contribution >= 0.6 is 0 Å². The highest BCUT2D eigenvalue weighted by Gasteiger charge is 2.20. The van der Waals surface area contributed by atoms with E-state index in [0.29, 0.717) is 18.2 Å². The second-order valence-electron chi connectivity index (χ2n) is 4.56. The molecule has 0 saturated heterocycles. The smallest absolute Gasteiger partial charge is 0.0704 e. The van der Waals surface area contributed by atoms with Crippen LogP contribution < -0.4 is 5.32 Å². The van der Waals surface area contributed by atoms with Gasteiger partial charge in [-0.25, -0.2) is 0 Å². The van der Waals surface area contributed by atoms with Crippen molar-refractivity contribution in [1.82, 2.24) is 5.32 Å². The van der Waals surface area contributed by atoms with Gasteiger partial charge in [0.05, 0.1) is 25.4 Å². The van der Waals surface area contributed by atoms with E-state index in [1.165, 1.54) is 19.3 Å². The highest BCUT2D eigenvalue weighted by Crippen LogP contribution is 2.20. The van der Waals surface area contributed by atoms with Gasteiger partial charge < -0.3 is 14.8 Å². The maximum Gasteiger partial charge on any atom is 0.0704 e. The van der Waals surface area contributed by atoms with Crippen molar-refractivity contribution in [2.45, 2.75) is 57.8 Å². The van der Waals surface area contributed by atoms with Crippen LogP contribution in [-0.4, -0.2) is 38.5 Å². The Labute approximate surface area is 93.5 Å². The van der Waals surface area contributed by atoms with Gasteiger partial charge in [-0.2, -0.15) is 0 Å². The van der Waals surface area contributed by atoms with Crippen LogP contribution in [0.15, 0.2) is 0 Å². The quantitative estimate of drug-likeness (QED) is 0.687. The lowest BCUT2D eigenvalue weighted by Crippen LogP contribution is -2.35. The molecule has 3 heteroatoms. The summed E-state index contributed by atoms with van der Waals surface area (Å²) in [5.41, 5.74) is 0. The first-order chi connectivity index (χ1) is 7.22. The van der Waals surface area contributed by atoms with E-state index in [-0.39, 0.29) is 0 Å². The monoisotopic (exact) mass is 215 g/mol. The summed E-state index contributed by atoms with van der Waals surface area (Å²) in [7, 11) is 2.04. The van der Waals surface area contributed by atoms with Crippen molar-refractivity contribution in [3.63, 3.8) is 0 Å². The summed E-state index contributed by atoms with van der Waals surface area (Å²) in [5, 5.41) is 3.33. The Hall–Kier alpha value is -0.120. The Kier molecular flexibility index (Phi) is 6.22. The van der Waals surface area contributed by atoms with Gasteiger partial charge in [0, 0.05) is 6.04 Å². The van der Waals surface area contributed by atoms with Crippen LogP contribution in [0, 0.1) is 0 Å². The minimum absolute atomic E-state index is 0.310. The SMILES string of the molecule is CNC1CCCC(OCCOC(C)C)C1. The Balaban J connectivity index is 2.05. The first kappa shape index (κ1) is 12.9. The molecule has 1 aliphatic rings. The largest absolute Gasteiger partial charge is 0.376 e. The number of hydrogen-bond donors (Lipinski definition) is 1. The van der Waals surface area contributed by atoms with Crippen LogP contribution in [0.1, 0.15) is 39.5 Å². The Morgan fingerprint density at radius 2 is 2.07 bits per heavy atom. The Morgan fingerprint density at radius 1 is 1.27 bits per heavy atom. The predicted molar refractivity (Wildman–Crippen MR) is 62.1 cm³/mol. The summed E-state index contributed by atoms with van der Waals surface area (Å²) >= 11 is 0. The fourth-order valence-electron chi connectivity index (χ4n) is 2.06. The van der Waals surface area contributed by atoms with E-state index < -0.39 is 0 Å². The molecule has 1 fully saturated rings. The van der Waals surface area contributed by atoms with Crippen molar-refractivity contribution in [2.75, 3.05) is 20.3 Å². The van der Waals surface area contributed by atoms with Gasteiger partial charge in [0.15, 0.2) is 0 Å². The number of hydrogen-bond acceptors (Lipinski definition) is 3. The second kappa shape index (κ2) is 7.20. The molecule has 1 aliphatic carbocycles. The molecule has 0 amide bonds. The molecular weight excluding hydrogens is 190 g/mol. The van der Waals surface area contributed by atoms with Gasteiger partial charge in [-0.3, -0.25) is 0 Å². The zero-order chi connectivity index (χ0) is 11.1. The van der Waals surface area contributed by atoms with E-state index in [4.69, 9.17) is 9.47 Å². The number of nitrogens with one attached hydrogen (secondary N) is 1. The zero-order valence-electron chi connectivity index (χ0n) is 10.3. The van der Waals surface area contributed by atoms with Gasteiger partial charge in [0.2, 0.25) is 0 Å². The van der Waals surface area contributed by atoms with Crippen molar-refractivity contribution in [3.8, 4) is 0 Å². The molecule has 0 aromatic carbocycles. The molecular formula is C12H25NO2. The molecule has 0 aromatic heterocycles. The number of ether oxygens (including phenoxy) is 2. The molecule has 0 aromatic rings. The molecule has 0 heterocycles. The molecule has 2 unspecified atom stereocenters. The van der Waals surface area contributed by atoms with Crippen LogP contribution in [0.4, 0.5) is 0 Å². The second-order valence-corrected chi connectivity index (χ2v) is 4.56. The molecule has 1 N–H and O–H groups in total. The van der Waals surface area contributed by atoms with Crippen LogP contribution in [-0.2, 0) is 9.47 Å². The minimum Gasteiger partial charge on any atom is -0.376 e. The van der Waals surface area contributed by atoms with Crippen LogP contribution in [0.25, 0.3) is 0 Å². The van der Waals surface area contributed by atoms with Gasteiger partial charge in [-0.05, 0) is 46.6 Å². The third-order valence-electron chi connectivity index (χ3n) is 2.92. The molecule has 0 radical (unpaired) electrons. The maximum absolute atomic E-state index is 5.80. The molecule has 3 nitrogen and oxygen atoms in total. The van der Waals surface area contributed by atoms with E-state index in [0.717, 1.165) is 19.6 Å². The summed E-state index contributed by atoms with van der Waals surface area (Å²) in [5.74, 6) is 0. The average Bonchev–Trinajstić information content (AvgIpc) is 2.24. The van der Waals surface area contributed by atoms with Crippen LogP contribution in [0.5, 0.6) is 0 Å². The first-order valence-corrected chi connectivity index (χ1v) is 6.13.